The number of esters is 1. The van der Waals surface area contributed by atoms with Gasteiger partial charge in [-0.05, 0) is 72.8 Å². The van der Waals surface area contributed by atoms with Gasteiger partial charge >= 0.3 is 12.1 Å². The summed E-state index contributed by atoms with van der Waals surface area (Å²) in [4.78, 5) is 29.8. The number of benzene rings is 1. The predicted octanol–water partition coefficient (Wildman–Crippen LogP) is 3.73. The second-order valence-electron chi connectivity index (χ2n) is 9.19. The predicted molar refractivity (Wildman–Crippen MR) is 114 cm³/mol. The normalized spacial score (nSPS) is 12.3. The topological polar surface area (TPSA) is 83.7 Å². The third-order valence-corrected chi connectivity index (χ3v) is 4.42. The molecule has 160 valence electrons. The number of aromatic amines is 1. The van der Waals surface area contributed by atoms with Crippen molar-refractivity contribution in [2.75, 3.05) is 27.2 Å². The largest absolute Gasteiger partial charge is 0.457 e. The lowest BCUT2D eigenvalue weighted by molar-refractivity contribution is -0.165. The van der Waals surface area contributed by atoms with Gasteiger partial charge in [0.05, 0.1) is 12.0 Å². The number of carbonyl (C=O) groups is 2. The Morgan fingerprint density at radius 2 is 1.83 bits per heavy atom. The molecule has 2 rings (SSSR count). The van der Waals surface area contributed by atoms with E-state index in [2.05, 4.69) is 15.2 Å². The standard InChI is InChI=1S/C22H33N3O4/c1-21(2,3)19(26)29-22(4,5)14-24-20(27)28-17-10-8-9-16-18(17)15(13-23-16)11-12-25(6)7/h8-10,13,23H,11-12,14H2,1-7H3,(H,24,27). The van der Waals surface area contributed by atoms with Crippen molar-refractivity contribution in [2.45, 2.75) is 46.6 Å². The van der Waals surface area contributed by atoms with Crippen LogP contribution in [0.15, 0.2) is 24.4 Å². The SMILES string of the molecule is CN(C)CCc1c[nH]c2cccc(OC(=O)NCC(C)(C)OC(=O)C(C)(C)C)c12. The fourth-order valence-corrected chi connectivity index (χ4v) is 2.71. The van der Waals surface area contributed by atoms with Gasteiger partial charge in [0.25, 0.3) is 0 Å². The summed E-state index contributed by atoms with van der Waals surface area (Å²) in [7, 11) is 4.04. The van der Waals surface area contributed by atoms with E-state index in [0.717, 1.165) is 29.4 Å². The molecule has 1 aromatic heterocycles. The number of fused-ring (bicyclic) bond motifs is 1. The highest BCUT2D eigenvalue weighted by molar-refractivity contribution is 5.91. The zero-order chi connectivity index (χ0) is 21.8. The first-order chi connectivity index (χ1) is 13.4. The van der Waals surface area contributed by atoms with E-state index in [4.69, 9.17) is 9.47 Å². The summed E-state index contributed by atoms with van der Waals surface area (Å²) in [6, 6.07) is 5.57. The molecule has 7 heteroatoms. The summed E-state index contributed by atoms with van der Waals surface area (Å²) in [5.41, 5.74) is 0.561. The van der Waals surface area contributed by atoms with Crippen LogP contribution in [-0.2, 0) is 16.0 Å². The van der Waals surface area contributed by atoms with Crippen LogP contribution in [0.2, 0.25) is 0 Å². The molecule has 0 saturated heterocycles. The van der Waals surface area contributed by atoms with Gasteiger partial charge in [0.1, 0.15) is 11.4 Å². The van der Waals surface area contributed by atoms with Crippen LogP contribution in [0, 0.1) is 5.41 Å². The Morgan fingerprint density at radius 1 is 1.14 bits per heavy atom. The lowest BCUT2D eigenvalue weighted by Gasteiger charge is -2.29. The molecule has 29 heavy (non-hydrogen) atoms. The lowest BCUT2D eigenvalue weighted by Crippen LogP contribution is -2.44. The number of carbonyl (C=O) groups excluding carboxylic acids is 2. The second kappa shape index (κ2) is 8.86. The van der Waals surface area contributed by atoms with Crippen LogP contribution in [-0.4, -0.2) is 54.7 Å². The number of aromatic nitrogens is 1. The molecule has 0 atom stereocenters. The Hall–Kier alpha value is -2.54. The molecule has 2 aromatic rings. The number of hydrogen-bond acceptors (Lipinski definition) is 5. The Morgan fingerprint density at radius 3 is 2.45 bits per heavy atom. The molecule has 0 aliphatic heterocycles. The van der Waals surface area contributed by atoms with E-state index in [1.165, 1.54) is 0 Å². The van der Waals surface area contributed by atoms with Crippen LogP contribution in [0.5, 0.6) is 5.75 Å². The van der Waals surface area contributed by atoms with Crippen molar-refractivity contribution in [3.05, 3.63) is 30.0 Å². The lowest BCUT2D eigenvalue weighted by atomic mass is 9.96. The summed E-state index contributed by atoms with van der Waals surface area (Å²) in [5, 5.41) is 3.60. The van der Waals surface area contributed by atoms with Crippen molar-refractivity contribution in [1.82, 2.24) is 15.2 Å². The molecule has 0 spiro atoms. The van der Waals surface area contributed by atoms with Crippen molar-refractivity contribution >= 4 is 23.0 Å². The average molecular weight is 404 g/mol. The Bertz CT molecular complexity index is 863. The minimum Gasteiger partial charge on any atom is -0.457 e. The average Bonchev–Trinajstić information content (AvgIpc) is 3.01. The van der Waals surface area contributed by atoms with Gasteiger partial charge in [0.2, 0.25) is 0 Å². The van der Waals surface area contributed by atoms with E-state index in [9.17, 15) is 9.59 Å². The number of likely N-dealkylation sites (N-methyl/N-ethyl adjacent to an activating group) is 1. The van der Waals surface area contributed by atoms with Crippen LogP contribution in [0.1, 0.15) is 40.2 Å². The molecule has 0 bridgehead atoms. The van der Waals surface area contributed by atoms with Gasteiger partial charge in [-0.2, -0.15) is 0 Å². The number of rotatable bonds is 7. The number of hydrogen-bond donors (Lipinski definition) is 2. The smallest absolute Gasteiger partial charge is 0.412 e. The quantitative estimate of drug-likeness (QED) is 0.688. The highest BCUT2D eigenvalue weighted by atomic mass is 16.6. The molecule has 0 saturated carbocycles. The number of amides is 1. The first-order valence-electron chi connectivity index (χ1n) is 9.82. The fourth-order valence-electron chi connectivity index (χ4n) is 2.71. The van der Waals surface area contributed by atoms with E-state index >= 15 is 0 Å². The zero-order valence-electron chi connectivity index (χ0n) is 18.5. The van der Waals surface area contributed by atoms with Crippen LogP contribution < -0.4 is 10.1 Å². The molecule has 0 radical (unpaired) electrons. The summed E-state index contributed by atoms with van der Waals surface area (Å²) in [5.74, 6) is 0.180. The number of ether oxygens (including phenoxy) is 2. The van der Waals surface area contributed by atoms with Crippen LogP contribution in [0.4, 0.5) is 4.79 Å². The molecule has 1 heterocycles. The van der Waals surface area contributed by atoms with Crippen LogP contribution >= 0.6 is 0 Å². The van der Waals surface area contributed by atoms with E-state index in [1.54, 1.807) is 40.7 Å². The van der Waals surface area contributed by atoms with Gasteiger partial charge < -0.3 is 24.7 Å². The molecule has 0 fully saturated rings. The van der Waals surface area contributed by atoms with Crippen LogP contribution in [0.3, 0.4) is 0 Å². The summed E-state index contributed by atoms with van der Waals surface area (Å²) in [6.07, 6.45) is 2.20. The van der Waals surface area contributed by atoms with Crippen LogP contribution in [0.25, 0.3) is 10.9 Å². The molecule has 0 unspecified atom stereocenters. The second-order valence-corrected chi connectivity index (χ2v) is 9.19. The van der Waals surface area contributed by atoms with Crippen molar-refractivity contribution in [1.29, 1.82) is 0 Å². The maximum Gasteiger partial charge on any atom is 0.412 e. The van der Waals surface area contributed by atoms with E-state index < -0.39 is 17.1 Å². The number of nitrogens with zero attached hydrogens (tertiary/aromatic N) is 1. The van der Waals surface area contributed by atoms with Gasteiger partial charge in [-0.25, -0.2) is 4.79 Å². The monoisotopic (exact) mass is 403 g/mol. The first-order valence-corrected chi connectivity index (χ1v) is 9.82. The van der Waals surface area contributed by atoms with Gasteiger partial charge in [-0.1, -0.05) is 6.07 Å². The first kappa shape index (κ1) is 22.7. The molecule has 2 N–H and O–H groups in total. The molecular formula is C22H33N3O4. The van der Waals surface area contributed by atoms with E-state index in [0.29, 0.717) is 5.75 Å². The Balaban J connectivity index is 2.04. The van der Waals surface area contributed by atoms with Gasteiger partial charge in [-0.3, -0.25) is 4.79 Å². The van der Waals surface area contributed by atoms with Gasteiger partial charge in [0.15, 0.2) is 0 Å². The molecular weight excluding hydrogens is 370 g/mol. The molecule has 0 aliphatic carbocycles. The summed E-state index contributed by atoms with van der Waals surface area (Å²) >= 11 is 0. The maximum absolute atomic E-state index is 12.4. The highest BCUT2D eigenvalue weighted by Crippen LogP contribution is 2.29. The number of nitrogens with one attached hydrogen (secondary N) is 2. The summed E-state index contributed by atoms with van der Waals surface area (Å²) in [6.45, 7) is 9.91. The Kier molecular flexibility index (Phi) is 6.95. The van der Waals surface area contributed by atoms with Crippen molar-refractivity contribution in [2.24, 2.45) is 5.41 Å². The number of H-pyrrole nitrogens is 1. The highest BCUT2D eigenvalue weighted by Gasteiger charge is 2.31. The zero-order valence-corrected chi connectivity index (χ0v) is 18.5. The summed E-state index contributed by atoms with van der Waals surface area (Å²) < 4.78 is 11.1. The molecule has 0 aliphatic rings. The van der Waals surface area contributed by atoms with Gasteiger partial charge in [-0.15, -0.1) is 0 Å². The molecule has 1 aromatic carbocycles. The van der Waals surface area contributed by atoms with Crippen molar-refractivity contribution in [3.8, 4) is 5.75 Å². The third kappa shape index (κ3) is 6.49. The van der Waals surface area contributed by atoms with Crippen molar-refractivity contribution < 1.29 is 19.1 Å². The van der Waals surface area contributed by atoms with E-state index in [-0.39, 0.29) is 12.5 Å². The third-order valence-electron chi connectivity index (χ3n) is 4.42. The minimum absolute atomic E-state index is 0.143. The molecule has 7 nitrogen and oxygen atoms in total. The minimum atomic E-state index is -0.847. The van der Waals surface area contributed by atoms with Gasteiger partial charge in [0, 0.05) is 23.6 Å². The Labute approximate surface area is 172 Å². The molecule has 1 amide bonds. The van der Waals surface area contributed by atoms with Crippen molar-refractivity contribution in [3.63, 3.8) is 0 Å². The fraction of sp³-hybridized carbons (Fsp3) is 0.545. The van der Waals surface area contributed by atoms with E-state index in [1.807, 2.05) is 32.4 Å². The maximum atomic E-state index is 12.4.